The van der Waals surface area contributed by atoms with Gasteiger partial charge in [0.05, 0.1) is 10.6 Å². The molecule has 1 aromatic carbocycles. The van der Waals surface area contributed by atoms with Crippen LogP contribution in [0.25, 0.3) is 0 Å². The first-order valence-corrected chi connectivity index (χ1v) is 4.15. The molecule has 0 bridgehead atoms. The Kier molecular flexibility index (Phi) is 2.91. The van der Waals surface area contributed by atoms with Crippen LogP contribution in [-0.2, 0) is 0 Å². The number of nitrogens with zero attached hydrogens (tertiary/aromatic N) is 3. The Hall–Kier alpha value is -1.78. The van der Waals surface area contributed by atoms with E-state index in [0.717, 1.165) is 0 Å². The average molecular weight is 193 g/mol. The van der Waals surface area contributed by atoms with Gasteiger partial charge in [-0.05, 0) is 12.1 Å². The molecule has 0 amide bonds. The van der Waals surface area contributed by atoms with Gasteiger partial charge in [-0.25, -0.2) is 0 Å². The van der Waals surface area contributed by atoms with Crippen LogP contribution in [0.15, 0.2) is 40.6 Å². The highest BCUT2D eigenvalue weighted by molar-refractivity contribution is 5.34. The van der Waals surface area contributed by atoms with Gasteiger partial charge >= 0.3 is 5.66 Å². The van der Waals surface area contributed by atoms with Crippen LogP contribution < -0.4 is 0 Å². The lowest BCUT2D eigenvalue weighted by Gasteiger charge is -2.07. The van der Waals surface area contributed by atoms with Gasteiger partial charge in [-0.3, -0.25) is 10.1 Å². The van der Waals surface area contributed by atoms with Crippen molar-refractivity contribution in [3.05, 3.63) is 40.4 Å². The topological polar surface area (TPSA) is 67.9 Å². The second-order valence-electron chi connectivity index (χ2n) is 3.29. The molecule has 74 valence electrons. The van der Waals surface area contributed by atoms with Gasteiger partial charge in [0, 0.05) is 13.8 Å². The molecule has 0 fully saturated rings. The predicted octanol–water partition coefficient (Wildman–Crippen LogP) is 2.78. The first-order valence-electron chi connectivity index (χ1n) is 4.15. The normalized spacial score (nSPS) is 11.9. The van der Waals surface area contributed by atoms with Gasteiger partial charge in [0.15, 0.2) is 0 Å². The smallest absolute Gasteiger partial charge is 0.262 e. The van der Waals surface area contributed by atoms with Crippen LogP contribution >= 0.6 is 0 Å². The summed E-state index contributed by atoms with van der Waals surface area (Å²) in [5.74, 6) is 0. The van der Waals surface area contributed by atoms with Gasteiger partial charge in [0.1, 0.15) is 0 Å². The molecular formula is C9H11N3O2. The number of rotatable bonds is 3. The molecule has 0 aliphatic carbocycles. The summed E-state index contributed by atoms with van der Waals surface area (Å²) >= 11 is 0. The van der Waals surface area contributed by atoms with E-state index in [2.05, 4.69) is 10.2 Å². The summed E-state index contributed by atoms with van der Waals surface area (Å²) in [6, 6.07) is 8.91. The third kappa shape index (κ3) is 2.62. The molecule has 0 aromatic heterocycles. The first kappa shape index (κ1) is 10.3. The van der Waals surface area contributed by atoms with E-state index >= 15 is 0 Å². The number of azo groups is 1. The molecule has 0 radical (unpaired) electrons. The van der Waals surface area contributed by atoms with Gasteiger partial charge < -0.3 is 0 Å². The number of hydrogen-bond donors (Lipinski definition) is 0. The standard InChI is InChI=1S/C9H11N3O2/c1-9(2,12(13)14)11-10-8-6-4-3-5-7-8/h3-7H,1-2H3. The van der Waals surface area contributed by atoms with Gasteiger partial charge in [-0.15, -0.1) is 10.2 Å². The lowest BCUT2D eigenvalue weighted by Crippen LogP contribution is -2.27. The van der Waals surface area contributed by atoms with Crippen LogP contribution in [0.1, 0.15) is 13.8 Å². The van der Waals surface area contributed by atoms with E-state index in [1.54, 1.807) is 24.3 Å². The number of benzene rings is 1. The Bertz CT molecular complexity index is 346. The summed E-state index contributed by atoms with van der Waals surface area (Å²) in [5, 5.41) is 17.9. The molecule has 0 saturated heterocycles. The maximum Gasteiger partial charge on any atom is 0.324 e. The maximum absolute atomic E-state index is 10.5. The molecule has 1 aromatic rings. The van der Waals surface area contributed by atoms with Crippen molar-refractivity contribution in [3.63, 3.8) is 0 Å². The quantitative estimate of drug-likeness (QED) is 0.420. The number of nitro groups is 1. The van der Waals surface area contributed by atoms with Crippen LogP contribution in [0.5, 0.6) is 0 Å². The Morgan fingerprint density at radius 1 is 1.29 bits per heavy atom. The molecule has 5 nitrogen and oxygen atoms in total. The minimum atomic E-state index is -1.37. The molecule has 0 saturated carbocycles. The van der Waals surface area contributed by atoms with Crippen LogP contribution in [0.2, 0.25) is 0 Å². The minimum Gasteiger partial charge on any atom is -0.262 e. The summed E-state index contributed by atoms with van der Waals surface area (Å²) in [4.78, 5) is 10.0. The molecule has 0 N–H and O–H groups in total. The molecular weight excluding hydrogens is 182 g/mol. The molecule has 0 spiro atoms. The van der Waals surface area contributed by atoms with Crippen molar-refractivity contribution in [2.75, 3.05) is 0 Å². The molecule has 5 heteroatoms. The van der Waals surface area contributed by atoms with Crippen LogP contribution in [0.3, 0.4) is 0 Å². The fourth-order valence-electron chi connectivity index (χ4n) is 0.711. The van der Waals surface area contributed by atoms with Crippen molar-refractivity contribution in [3.8, 4) is 0 Å². The zero-order valence-corrected chi connectivity index (χ0v) is 8.04. The zero-order chi connectivity index (χ0) is 10.6. The fraction of sp³-hybridized carbons (Fsp3) is 0.333. The molecule has 0 aliphatic rings. The lowest BCUT2D eigenvalue weighted by molar-refractivity contribution is -0.559. The van der Waals surface area contributed by atoms with E-state index in [0.29, 0.717) is 5.69 Å². The summed E-state index contributed by atoms with van der Waals surface area (Å²) < 4.78 is 0. The van der Waals surface area contributed by atoms with E-state index in [1.165, 1.54) is 13.8 Å². The van der Waals surface area contributed by atoms with E-state index in [4.69, 9.17) is 0 Å². The van der Waals surface area contributed by atoms with Gasteiger partial charge in [0.25, 0.3) is 0 Å². The van der Waals surface area contributed by atoms with Crippen molar-refractivity contribution in [2.45, 2.75) is 19.5 Å². The largest absolute Gasteiger partial charge is 0.324 e. The third-order valence-corrected chi connectivity index (χ3v) is 1.61. The Balaban J connectivity index is 2.79. The Labute approximate surface area is 81.6 Å². The molecule has 1 rings (SSSR count). The highest BCUT2D eigenvalue weighted by Gasteiger charge is 2.29. The predicted molar refractivity (Wildman–Crippen MR) is 52.0 cm³/mol. The molecule has 14 heavy (non-hydrogen) atoms. The Morgan fingerprint density at radius 3 is 2.36 bits per heavy atom. The summed E-state index contributed by atoms with van der Waals surface area (Å²) in [6.07, 6.45) is 0. The minimum absolute atomic E-state index is 0.473. The van der Waals surface area contributed by atoms with Gasteiger partial charge in [-0.1, -0.05) is 18.2 Å². The highest BCUT2D eigenvalue weighted by Crippen LogP contribution is 2.16. The molecule has 0 heterocycles. The summed E-state index contributed by atoms with van der Waals surface area (Å²) in [7, 11) is 0. The van der Waals surface area contributed by atoms with E-state index in [1.807, 2.05) is 6.07 Å². The molecule has 0 unspecified atom stereocenters. The summed E-state index contributed by atoms with van der Waals surface area (Å²) in [5.41, 5.74) is -0.752. The second kappa shape index (κ2) is 3.95. The van der Waals surface area contributed by atoms with Crippen LogP contribution in [0, 0.1) is 10.1 Å². The SMILES string of the molecule is CC(C)(N=Nc1ccccc1)[N+](=O)[O-]. The summed E-state index contributed by atoms with van der Waals surface area (Å²) in [6.45, 7) is 2.80. The lowest BCUT2D eigenvalue weighted by atomic mass is 10.3. The molecule has 0 atom stereocenters. The maximum atomic E-state index is 10.5. The zero-order valence-electron chi connectivity index (χ0n) is 8.04. The molecule has 0 aliphatic heterocycles. The van der Waals surface area contributed by atoms with Crippen molar-refractivity contribution < 1.29 is 4.92 Å². The van der Waals surface area contributed by atoms with Crippen molar-refractivity contribution >= 4 is 5.69 Å². The van der Waals surface area contributed by atoms with E-state index in [9.17, 15) is 10.1 Å². The van der Waals surface area contributed by atoms with Gasteiger partial charge in [-0.2, -0.15) is 0 Å². The highest BCUT2D eigenvalue weighted by atomic mass is 16.6. The van der Waals surface area contributed by atoms with Gasteiger partial charge in [0.2, 0.25) is 0 Å². The first-order chi connectivity index (χ1) is 6.52. The average Bonchev–Trinajstić information content (AvgIpc) is 2.16. The van der Waals surface area contributed by atoms with E-state index < -0.39 is 10.6 Å². The number of hydrogen-bond acceptors (Lipinski definition) is 4. The monoisotopic (exact) mass is 193 g/mol. The second-order valence-corrected chi connectivity index (χ2v) is 3.29. The van der Waals surface area contributed by atoms with E-state index in [-0.39, 0.29) is 0 Å². The van der Waals surface area contributed by atoms with Crippen LogP contribution in [0.4, 0.5) is 5.69 Å². The van der Waals surface area contributed by atoms with Crippen molar-refractivity contribution in [1.29, 1.82) is 0 Å². The Morgan fingerprint density at radius 2 is 1.86 bits per heavy atom. The third-order valence-electron chi connectivity index (χ3n) is 1.61. The van der Waals surface area contributed by atoms with Crippen molar-refractivity contribution in [2.24, 2.45) is 10.2 Å². The van der Waals surface area contributed by atoms with Crippen LogP contribution in [-0.4, -0.2) is 10.6 Å². The fourth-order valence-corrected chi connectivity index (χ4v) is 0.711. The van der Waals surface area contributed by atoms with Crippen molar-refractivity contribution in [1.82, 2.24) is 0 Å².